The maximum Gasteiger partial charge on any atom is 0.227 e. The molecular formula is C21H17N3O3S. The van der Waals surface area contributed by atoms with Crippen LogP contribution in [0, 0.1) is 0 Å². The van der Waals surface area contributed by atoms with Crippen LogP contribution in [0.2, 0.25) is 0 Å². The van der Waals surface area contributed by atoms with Crippen LogP contribution in [0.25, 0.3) is 10.7 Å². The van der Waals surface area contributed by atoms with E-state index in [2.05, 4.69) is 15.5 Å². The molecule has 0 aliphatic rings. The van der Waals surface area contributed by atoms with Gasteiger partial charge in [-0.25, -0.2) is 0 Å². The molecule has 0 aliphatic carbocycles. The summed E-state index contributed by atoms with van der Waals surface area (Å²) in [6, 6.07) is 20.6. The molecule has 1 amide bonds. The Hall–Kier alpha value is -3.45. The van der Waals surface area contributed by atoms with E-state index in [-0.39, 0.29) is 12.3 Å². The third kappa shape index (κ3) is 4.63. The number of rotatable bonds is 7. The van der Waals surface area contributed by atoms with Crippen molar-refractivity contribution in [1.29, 1.82) is 0 Å². The molecule has 0 spiro atoms. The molecule has 2 aromatic heterocycles. The minimum absolute atomic E-state index is 0.118. The lowest BCUT2D eigenvalue weighted by atomic mass is 10.2. The highest BCUT2D eigenvalue weighted by molar-refractivity contribution is 7.13. The fourth-order valence-electron chi connectivity index (χ4n) is 2.54. The minimum atomic E-state index is -0.118. The number of carbonyl (C=O) groups excluding carboxylic acids is 1. The van der Waals surface area contributed by atoms with Gasteiger partial charge >= 0.3 is 0 Å². The maximum absolute atomic E-state index is 12.2. The first-order chi connectivity index (χ1) is 13.8. The normalized spacial score (nSPS) is 10.6. The summed E-state index contributed by atoms with van der Waals surface area (Å²) in [5, 5.41) is 8.75. The van der Waals surface area contributed by atoms with Gasteiger partial charge in [0.05, 0.1) is 4.88 Å². The van der Waals surface area contributed by atoms with Crippen molar-refractivity contribution in [2.75, 3.05) is 5.32 Å². The monoisotopic (exact) mass is 391 g/mol. The molecule has 7 heteroatoms. The number of amides is 1. The SMILES string of the molecule is O=C(CCc1nc(-c2cccs2)no1)Nc1ccc(Oc2ccccc2)cc1. The van der Waals surface area contributed by atoms with Crippen LogP contribution < -0.4 is 10.1 Å². The zero-order valence-electron chi connectivity index (χ0n) is 14.9. The molecule has 0 saturated heterocycles. The second-order valence-electron chi connectivity index (χ2n) is 5.98. The molecule has 28 heavy (non-hydrogen) atoms. The number of thiophene rings is 1. The summed E-state index contributed by atoms with van der Waals surface area (Å²) in [5.41, 5.74) is 0.704. The van der Waals surface area contributed by atoms with Crippen LogP contribution in [0.3, 0.4) is 0 Å². The lowest BCUT2D eigenvalue weighted by molar-refractivity contribution is -0.116. The van der Waals surface area contributed by atoms with E-state index in [0.29, 0.717) is 29.6 Å². The van der Waals surface area contributed by atoms with Gasteiger partial charge in [0.15, 0.2) is 0 Å². The first-order valence-corrected chi connectivity index (χ1v) is 9.63. The van der Waals surface area contributed by atoms with E-state index >= 15 is 0 Å². The summed E-state index contributed by atoms with van der Waals surface area (Å²) in [4.78, 5) is 17.4. The standard InChI is InChI=1S/C21H17N3O3S/c25-19(12-13-20-23-21(24-27-20)18-7-4-14-28-18)22-15-8-10-17(11-9-15)26-16-5-2-1-3-6-16/h1-11,14H,12-13H2,(H,22,25). The molecule has 4 rings (SSSR count). The number of anilines is 1. The summed E-state index contributed by atoms with van der Waals surface area (Å²) in [6.07, 6.45) is 0.647. The Bertz CT molecular complexity index is 1030. The lowest BCUT2D eigenvalue weighted by Crippen LogP contribution is -2.12. The van der Waals surface area contributed by atoms with Crippen LogP contribution in [-0.2, 0) is 11.2 Å². The molecule has 2 aromatic carbocycles. The number of carbonyl (C=O) groups is 1. The van der Waals surface area contributed by atoms with Crippen LogP contribution in [0.1, 0.15) is 12.3 Å². The summed E-state index contributed by atoms with van der Waals surface area (Å²) in [5.74, 6) is 2.36. The van der Waals surface area contributed by atoms with Gasteiger partial charge in [0, 0.05) is 18.5 Å². The van der Waals surface area contributed by atoms with Gasteiger partial charge in [-0.3, -0.25) is 4.79 Å². The minimum Gasteiger partial charge on any atom is -0.457 e. The summed E-state index contributed by atoms with van der Waals surface area (Å²) in [7, 11) is 0. The lowest BCUT2D eigenvalue weighted by Gasteiger charge is -2.07. The van der Waals surface area contributed by atoms with Crippen molar-refractivity contribution in [3.05, 3.63) is 78.0 Å². The van der Waals surface area contributed by atoms with Gasteiger partial charge in [0.1, 0.15) is 11.5 Å². The first-order valence-electron chi connectivity index (χ1n) is 8.75. The quantitative estimate of drug-likeness (QED) is 0.471. The number of aryl methyl sites for hydroxylation is 1. The summed E-state index contributed by atoms with van der Waals surface area (Å²) >= 11 is 1.54. The van der Waals surface area contributed by atoms with E-state index in [1.165, 1.54) is 0 Å². The van der Waals surface area contributed by atoms with Crippen molar-refractivity contribution in [1.82, 2.24) is 10.1 Å². The van der Waals surface area contributed by atoms with Crippen LogP contribution in [-0.4, -0.2) is 16.0 Å². The number of ether oxygens (including phenoxy) is 1. The molecule has 0 saturated carbocycles. The molecule has 4 aromatic rings. The molecular weight excluding hydrogens is 374 g/mol. The number of hydrogen-bond donors (Lipinski definition) is 1. The number of para-hydroxylation sites is 1. The molecule has 0 unspecified atom stereocenters. The third-order valence-electron chi connectivity index (χ3n) is 3.89. The fourth-order valence-corrected chi connectivity index (χ4v) is 3.19. The molecule has 0 radical (unpaired) electrons. The maximum atomic E-state index is 12.2. The molecule has 0 bridgehead atoms. The first kappa shape index (κ1) is 17.9. The van der Waals surface area contributed by atoms with E-state index in [9.17, 15) is 4.79 Å². The predicted octanol–water partition coefficient (Wildman–Crippen LogP) is 5.16. The second kappa shape index (κ2) is 8.49. The number of aromatic nitrogens is 2. The van der Waals surface area contributed by atoms with Gasteiger partial charge in [0.25, 0.3) is 0 Å². The average Bonchev–Trinajstić information content (AvgIpc) is 3.41. The molecule has 6 nitrogen and oxygen atoms in total. The molecule has 0 fully saturated rings. The number of nitrogens with zero attached hydrogens (tertiary/aromatic N) is 2. The van der Waals surface area contributed by atoms with Crippen LogP contribution in [0.4, 0.5) is 5.69 Å². The number of hydrogen-bond acceptors (Lipinski definition) is 6. The number of nitrogens with one attached hydrogen (secondary N) is 1. The largest absolute Gasteiger partial charge is 0.457 e. The highest BCUT2D eigenvalue weighted by Crippen LogP contribution is 2.23. The van der Waals surface area contributed by atoms with Crippen molar-refractivity contribution in [2.45, 2.75) is 12.8 Å². The van der Waals surface area contributed by atoms with Crippen molar-refractivity contribution < 1.29 is 14.1 Å². The highest BCUT2D eigenvalue weighted by Gasteiger charge is 2.11. The molecule has 0 aliphatic heterocycles. The van der Waals surface area contributed by atoms with E-state index in [0.717, 1.165) is 10.6 Å². The highest BCUT2D eigenvalue weighted by atomic mass is 32.1. The third-order valence-corrected chi connectivity index (χ3v) is 4.76. The van der Waals surface area contributed by atoms with Gasteiger partial charge in [0.2, 0.25) is 17.6 Å². The molecule has 2 heterocycles. The smallest absolute Gasteiger partial charge is 0.227 e. The molecule has 0 atom stereocenters. The van der Waals surface area contributed by atoms with Gasteiger partial charge < -0.3 is 14.6 Å². The summed E-state index contributed by atoms with van der Waals surface area (Å²) in [6.45, 7) is 0. The Morgan fingerprint density at radius 1 is 1.00 bits per heavy atom. The molecule has 140 valence electrons. The zero-order valence-corrected chi connectivity index (χ0v) is 15.7. The van der Waals surface area contributed by atoms with Gasteiger partial charge in [-0.05, 0) is 47.8 Å². The van der Waals surface area contributed by atoms with Gasteiger partial charge in [-0.1, -0.05) is 29.4 Å². The van der Waals surface area contributed by atoms with Crippen molar-refractivity contribution >= 4 is 22.9 Å². The van der Waals surface area contributed by atoms with E-state index in [4.69, 9.17) is 9.26 Å². The van der Waals surface area contributed by atoms with Crippen LogP contribution in [0.15, 0.2) is 76.6 Å². The van der Waals surface area contributed by atoms with Crippen molar-refractivity contribution in [2.24, 2.45) is 0 Å². The predicted molar refractivity (Wildman–Crippen MR) is 108 cm³/mol. The van der Waals surface area contributed by atoms with Crippen molar-refractivity contribution in [3.63, 3.8) is 0 Å². The topological polar surface area (TPSA) is 77.2 Å². The van der Waals surface area contributed by atoms with E-state index < -0.39 is 0 Å². The number of benzene rings is 2. The van der Waals surface area contributed by atoms with Gasteiger partial charge in [-0.2, -0.15) is 4.98 Å². The van der Waals surface area contributed by atoms with Crippen LogP contribution >= 0.6 is 11.3 Å². The van der Waals surface area contributed by atoms with Gasteiger partial charge in [-0.15, -0.1) is 11.3 Å². The second-order valence-corrected chi connectivity index (χ2v) is 6.92. The Morgan fingerprint density at radius 2 is 1.79 bits per heavy atom. The zero-order chi connectivity index (χ0) is 19.2. The fraction of sp³-hybridized carbons (Fsp3) is 0.0952. The Morgan fingerprint density at radius 3 is 2.54 bits per heavy atom. The Labute approximate surface area is 165 Å². The van der Waals surface area contributed by atoms with E-state index in [1.54, 1.807) is 23.5 Å². The van der Waals surface area contributed by atoms with E-state index in [1.807, 2.05) is 60.0 Å². The Balaban J connectivity index is 1.28. The molecule has 1 N–H and O–H groups in total. The summed E-state index contributed by atoms with van der Waals surface area (Å²) < 4.78 is 10.9. The average molecular weight is 391 g/mol. The van der Waals surface area contributed by atoms with Crippen molar-refractivity contribution in [3.8, 4) is 22.2 Å². The Kier molecular flexibility index (Phi) is 5.44. The van der Waals surface area contributed by atoms with Crippen LogP contribution in [0.5, 0.6) is 11.5 Å².